The molecule has 3 saturated carbocycles. The number of carbonyl (C=O) groups is 2. The summed E-state index contributed by atoms with van der Waals surface area (Å²) in [6.07, 6.45) is 12.9. The van der Waals surface area contributed by atoms with Gasteiger partial charge in [0.05, 0.1) is 42.2 Å². The first kappa shape index (κ1) is 29.2. The van der Waals surface area contributed by atoms with Gasteiger partial charge in [0, 0.05) is 66.2 Å². The van der Waals surface area contributed by atoms with Gasteiger partial charge >= 0.3 is 0 Å². The third kappa shape index (κ3) is 3.76. The van der Waals surface area contributed by atoms with Crippen molar-refractivity contribution in [2.45, 2.75) is 92.4 Å². The number of ether oxygens (including phenoxy) is 1. The SMILES string of the molecule is COc1ccc2c(c1)C1CC1(C(=O)N1C3CCC34C1CN4C)Cn1c-2c(C2CCCCC2)c2ccc(C(=O)NSc3cn(C)cn3)cc21. The third-order valence-electron chi connectivity index (χ3n) is 13.2. The average Bonchev–Trinajstić information content (AvgIpc) is 3.57. The first-order valence-corrected chi connectivity index (χ1v) is 18.5. The van der Waals surface area contributed by atoms with Gasteiger partial charge in [-0.1, -0.05) is 25.3 Å². The number of fused-ring (bicyclic) bond motifs is 7. The lowest BCUT2D eigenvalue weighted by Crippen LogP contribution is -2.96. The number of nitrogens with zero attached hydrogens (tertiary/aromatic N) is 5. The van der Waals surface area contributed by atoms with Crippen LogP contribution in [0.25, 0.3) is 22.2 Å². The van der Waals surface area contributed by atoms with Gasteiger partial charge in [0.25, 0.3) is 5.91 Å². The Morgan fingerprint density at radius 3 is 2.60 bits per heavy atom. The maximum atomic E-state index is 15.0. The summed E-state index contributed by atoms with van der Waals surface area (Å²) in [7, 11) is 5.88. The maximum Gasteiger partial charge on any atom is 0.261 e. The molecule has 6 aliphatic rings. The Morgan fingerprint density at radius 2 is 1.90 bits per heavy atom. The highest BCUT2D eigenvalue weighted by Gasteiger charge is 2.78. The second kappa shape index (κ2) is 10.1. The number of likely N-dealkylation sites (tertiary alicyclic amines) is 2. The Kier molecular flexibility index (Phi) is 6.16. The number of rotatable bonds is 6. The number of hydrogen-bond acceptors (Lipinski definition) is 6. The number of methoxy groups -OCH3 is 1. The van der Waals surface area contributed by atoms with Crippen LogP contribution < -0.4 is 9.46 Å². The van der Waals surface area contributed by atoms with Crippen LogP contribution >= 0.6 is 11.9 Å². The maximum absolute atomic E-state index is 15.0. The van der Waals surface area contributed by atoms with E-state index in [1.165, 1.54) is 78.2 Å². The molecule has 48 heavy (non-hydrogen) atoms. The van der Waals surface area contributed by atoms with E-state index in [4.69, 9.17) is 4.74 Å². The van der Waals surface area contributed by atoms with Crippen LogP contribution in [-0.4, -0.2) is 74.1 Å². The van der Waals surface area contributed by atoms with E-state index in [-0.39, 0.29) is 17.4 Å². The van der Waals surface area contributed by atoms with Crippen molar-refractivity contribution in [3.63, 3.8) is 0 Å². The molecule has 5 atom stereocenters. The number of carbonyl (C=O) groups excluding carboxylic acids is 2. The van der Waals surface area contributed by atoms with Crippen LogP contribution in [0.4, 0.5) is 0 Å². The van der Waals surface area contributed by atoms with E-state index in [1.54, 1.807) is 13.4 Å². The van der Waals surface area contributed by atoms with Crippen molar-refractivity contribution in [1.29, 1.82) is 0 Å². The van der Waals surface area contributed by atoms with Gasteiger partial charge in [-0.25, -0.2) is 4.98 Å². The minimum Gasteiger partial charge on any atom is -0.497 e. The lowest BCUT2D eigenvalue weighted by Gasteiger charge is -2.80. The Labute approximate surface area is 285 Å². The van der Waals surface area contributed by atoms with Crippen molar-refractivity contribution in [2.75, 3.05) is 20.7 Å². The molecule has 10 rings (SSSR count). The van der Waals surface area contributed by atoms with E-state index in [0.717, 1.165) is 35.7 Å². The molecule has 5 unspecified atom stereocenters. The summed E-state index contributed by atoms with van der Waals surface area (Å²) >= 11 is 1.23. The fraction of sp³-hybridized carbons (Fsp3) is 0.500. The highest BCUT2D eigenvalue weighted by molar-refractivity contribution is 7.97. The summed E-state index contributed by atoms with van der Waals surface area (Å²) in [6, 6.07) is 13.5. The topological polar surface area (TPSA) is 84.6 Å². The van der Waals surface area contributed by atoms with E-state index in [9.17, 15) is 9.59 Å². The molecule has 2 aromatic carbocycles. The molecule has 5 fully saturated rings. The molecular weight excluding hydrogens is 621 g/mol. The van der Waals surface area contributed by atoms with Crippen molar-refractivity contribution in [3.8, 4) is 17.0 Å². The van der Waals surface area contributed by atoms with Gasteiger partial charge in [-0.05, 0) is 86.5 Å². The van der Waals surface area contributed by atoms with E-state index in [0.29, 0.717) is 36.0 Å². The van der Waals surface area contributed by atoms with Crippen molar-refractivity contribution in [1.82, 2.24) is 28.6 Å². The van der Waals surface area contributed by atoms with Gasteiger partial charge in [-0.2, -0.15) is 0 Å². The average molecular weight is 663 g/mol. The quantitative estimate of drug-likeness (QED) is 0.252. The number of piperazine rings is 1. The molecule has 248 valence electrons. The number of piperidine rings is 1. The number of hydrogen-bond donors (Lipinski definition) is 1. The van der Waals surface area contributed by atoms with Crippen molar-refractivity contribution >= 4 is 34.7 Å². The number of aromatic nitrogens is 3. The van der Waals surface area contributed by atoms with Crippen LogP contribution in [0.5, 0.6) is 5.75 Å². The molecule has 9 nitrogen and oxygen atoms in total. The summed E-state index contributed by atoms with van der Waals surface area (Å²) in [5.74, 6) is 1.64. The van der Waals surface area contributed by atoms with E-state index in [2.05, 4.69) is 61.5 Å². The minimum absolute atomic E-state index is 0.146. The summed E-state index contributed by atoms with van der Waals surface area (Å²) in [5.41, 5.74) is 6.55. The molecule has 2 saturated heterocycles. The summed E-state index contributed by atoms with van der Waals surface area (Å²) < 4.78 is 13.1. The molecule has 1 N–H and O–H groups in total. The predicted octanol–water partition coefficient (Wildman–Crippen LogP) is 6.08. The van der Waals surface area contributed by atoms with Gasteiger partial charge < -0.3 is 18.8 Å². The Hall–Kier alpha value is -3.76. The van der Waals surface area contributed by atoms with E-state index in [1.807, 2.05) is 23.9 Å². The minimum atomic E-state index is -0.495. The van der Waals surface area contributed by atoms with Crippen LogP contribution in [0.2, 0.25) is 0 Å². The molecule has 3 aliphatic carbocycles. The lowest BCUT2D eigenvalue weighted by atomic mass is 9.52. The van der Waals surface area contributed by atoms with Gasteiger partial charge in [0.15, 0.2) is 0 Å². The monoisotopic (exact) mass is 662 g/mol. The second-order valence-corrected chi connectivity index (χ2v) is 16.2. The lowest BCUT2D eigenvalue weighted by molar-refractivity contribution is -0.278. The summed E-state index contributed by atoms with van der Waals surface area (Å²) in [5, 5.41) is 1.96. The zero-order valence-electron chi connectivity index (χ0n) is 27.9. The highest BCUT2D eigenvalue weighted by atomic mass is 32.2. The van der Waals surface area contributed by atoms with Crippen molar-refractivity contribution in [3.05, 3.63) is 65.6 Å². The van der Waals surface area contributed by atoms with E-state index < -0.39 is 5.41 Å². The fourth-order valence-corrected chi connectivity index (χ4v) is 11.2. The molecule has 4 aromatic rings. The standard InChI is InChI=1S/C38H42N6O3S/c1-41-19-32(39-21-41)48-40-35(45)23-9-11-26-29(15-23)43-20-37(36(46)44-30-13-14-38(30)31(44)18-42(38)2)17-28(37)27-16-24(47-3)10-12-25(27)34(43)33(26)22-7-5-4-6-8-22/h9-12,15-16,19,21-22,28,30-31H,4-8,13-14,17-18,20H2,1-3H3,(H,40,45). The number of nitrogens with one attached hydrogen (secondary N) is 1. The Bertz CT molecular complexity index is 2020. The van der Waals surface area contributed by atoms with Gasteiger partial charge in [0.1, 0.15) is 10.8 Å². The zero-order valence-corrected chi connectivity index (χ0v) is 28.7. The van der Waals surface area contributed by atoms with Crippen LogP contribution in [0.3, 0.4) is 0 Å². The normalized spacial score (nSPS) is 30.0. The predicted molar refractivity (Wildman–Crippen MR) is 185 cm³/mol. The van der Waals surface area contributed by atoms with Crippen molar-refractivity contribution < 1.29 is 14.3 Å². The molecule has 2 aromatic heterocycles. The summed E-state index contributed by atoms with van der Waals surface area (Å²) in [4.78, 5) is 37.7. The molecule has 1 spiro atoms. The Morgan fingerprint density at radius 1 is 1.04 bits per heavy atom. The third-order valence-corrected chi connectivity index (χ3v) is 13.9. The molecular formula is C38H42N6O3S. The molecule has 3 aliphatic heterocycles. The molecule has 0 radical (unpaired) electrons. The van der Waals surface area contributed by atoms with E-state index >= 15 is 0 Å². The van der Waals surface area contributed by atoms with Gasteiger partial charge in [-0.3, -0.25) is 19.2 Å². The number of benzene rings is 2. The second-order valence-electron chi connectivity index (χ2n) is 15.3. The fourth-order valence-electron chi connectivity index (χ4n) is 10.5. The van der Waals surface area contributed by atoms with Gasteiger partial charge in [0.2, 0.25) is 5.91 Å². The first-order chi connectivity index (χ1) is 23.3. The molecule has 2 amide bonds. The number of likely N-dealkylation sites (N-methyl/N-ethyl adjacent to an activating group) is 1. The summed E-state index contributed by atoms with van der Waals surface area (Å²) in [6.45, 7) is 1.62. The molecule has 0 bridgehead atoms. The zero-order chi connectivity index (χ0) is 32.5. The Balaban J connectivity index is 1.11. The van der Waals surface area contributed by atoms with Crippen LogP contribution in [0.1, 0.15) is 84.7 Å². The van der Waals surface area contributed by atoms with Gasteiger partial charge in [-0.15, -0.1) is 0 Å². The van der Waals surface area contributed by atoms with Crippen LogP contribution in [-0.2, 0) is 18.4 Å². The van der Waals surface area contributed by atoms with Crippen molar-refractivity contribution in [2.24, 2.45) is 12.5 Å². The highest BCUT2D eigenvalue weighted by Crippen LogP contribution is 2.69. The molecule has 5 heterocycles. The van der Waals surface area contributed by atoms with Crippen LogP contribution in [0.15, 0.2) is 53.9 Å². The smallest absolute Gasteiger partial charge is 0.261 e. The number of imidazole rings is 1. The number of amides is 2. The largest absolute Gasteiger partial charge is 0.497 e. The van der Waals surface area contributed by atoms with Crippen LogP contribution in [0, 0.1) is 5.41 Å². The first-order valence-electron chi connectivity index (χ1n) is 17.7. The number of aryl methyl sites for hydroxylation is 1. The molecule has 10 heteroatoms.